The number of nitrogens with one attached hydrogen (secondary N) is 1. The zero-order valence-electron chi connectivity index (χ0n) is 15.5. The zero-order chi connectivity index (χ0) is 17.5. The van der Waals surface area contributed by atoms with Crippen LogP contribution in [0.3, 0.4) is 0 Å². The van der Waals surface area contributed by atoms with Gasteiger partial charge in [0, 0.05) is 13.0 Å². The van der Waals surface area contributed by atoms with E-state index in [0.29, 0.717) is 13.0 Å². The van der Waals surface area contributed by atoms with Crippen molar-refractivity contribution in [3.05, 3.63) is 59.0 Å². The van der Waals surface area contributed by atoms with E-state index in [1.165, 1.54) is 11.1 Å². The number of amides is 1. The van der Waals surface area contributed by atoms with Crippen molar-refractivity contribution in [1.82, 2.24) is 10.2 Å². The number of unbranched alkanes of at least 4 members (excludes halogenated alkanes) is 2. The highest BCUT2D eigenvalue weighted by Gasteiger charge is 2.23. The Labute approximate surface area is 162 Å². The number of hydrogen-bond acceptors (Lipinski definition) is 3. The van der Waals surface area contributed by atoms with Gasteiger partial charge in [-0.2, -0.15) is 0 Å². The summed E-state index contributed by atoms with van der Waals surface area (Å²) in [4.78, 5) is 14.4. The van der Waals surface area contributed by atoms with Crippen molar-refractivity contribution in [3.63, 3.8) is 0 Å². The summed E-state index contributed by atoms with van der Waals surface area (Å²) >= 11 is 0. The highest BCUT2D eigenvalue weighted by atomic mass is 35.5. The molecule has 1 aliphatic heterocycles. The first kappa shape index (κ1) is 20.5. The smallest absolute Gasteiger partial charge is 0.222 e. The number of aryl methyl sites for hydroxylation is 1. The molecule has 2 aromatic rings. The highest BCUT2D eigenvalue weighted by molar-refractivity contribution is 5.85. The van der Waals surface area contributed by atoms with Crippen molar-refractivity contribution in [2.24, 2.45) is 0 Å². The lowest BCUT2D eigenvalue weighted by molar-refractivity contribution is -0.132. The highest BCUT2D eigenvalue weighted by Crippen LogP contribution is 2.23. The Bertz CT molecular complexity index is 685. The first-order valence-electron chi connectivity index (χ1n) is 9.33. The van der Waals surface area contributed by atoms with E-state index in [-0.39, 0.29) is 18.3 Å². The van der Waals surface area contributed by atoms with Gasteiger partial charge >= 0.3 is 0 Å². The monoisotopic (exact) mass is 376 g/mol. The van der Waals surface area contributed by atoms with E-state index in [1.54, 1.807) is 0 Å². The van der Waals surface area contributed by atoms with Crippen molar-refractivity contribution < 1.29 is 9.21 Å². The molecule has 0 radical (unpaired) electrons. The molecular weight excluding hydrogens is 348 g/mol. The van der Waals surface area contributed by atoms with Crippen LogP contribution >= 0.6 is 12.4 Å². The second-order valence-corrected chi connectivity index (χ2v) is 6.80. The Morgan fingerprint density at radius 2 is 2.00 bits per heavy atom. The molecule has 0 spiro atoms. The molecule has 1 aliphatic rings. The van der Waals surface area contributed by atoms with Gasteiger partial charge < -0.3 is 14.6 Å². The molecule has 0 unspecified atom stereocenters. The molecule has 0 fully saturated rings. The van der Waals surface area contributed by atoms with Crippen LogP contribution in [0.25, 0.3) is 0 Å². The standard InChI is InChI=1S/C21H28N2O2.ClH/c1-22-15-19-14-18-12-13-23(16-20(18)25-19)21(24)11-7-3-6-10-17-8-4-2-5-9-17;/h2,4-5,8-9,14,22H,3,6-7,10-13,15-16H2,1H3;1H. The third kappa shape index (κ3) is 5.61. The lowest BCUT2D eigenvalue weighted by Gasteiger charge is -2.26. The quantitative estimate of drug-likeness (QED) is 0.705. The van der Waals surface area contributed by atoms with Crippen molar-refractivity contribution in [3.8, 4) is 0 Å². The normalized spacial score (nSPS) is 13.2. The Hall–Kier alpha value is -1.78. The molecule has 0 atom stereocenters. The molecule has 1 amide bonds. The number of carbonyl (C=O) groups is 1. The van der Waals surface area contributed by atoms with Crippen LogP contribution in [0.2, 0.25) is 0 Å². The van der Waals surface area contributed by atoms with Crippen LogP contribution in [0.15, 0.2) is 40.8 Å². The summed E-state index contributed by atoms with van der Waals surface area (Å²) in [5.41, 5.74) is 2.64. The fourth-order valence-electron chi connectivity index (χ4n) is 3.44. The predicted octanol–water partition coefficient (Wildman–Crippen LogP) is 4.11. The van der Waals surface area contributed by atoms with Crippen LogP contribution in [0.4, 0.5) is 0 Å². The van der Waals surface area contributed by atoms with Crippen molar-refractivity contribution in [1.29, 1.82) is 0 Å². The summed E-state index contributed by atoms with van der Waals surface area (Å²) in [6, 6.07) is 12.7. The van der Waals surface area contributed by atoms with Gasteiger partial charge in [-0.05, 0) is 49.9 Å². The van der Waals surface area contributed by atoms with Crippen molar-refractivity contribution in [2.45, 2.75) is 51.6 Å². The van der Waals surface area contributed by atoms with E-state index in [9.17, 15) is 4.79 Å². The SMILES string of the molecule is CNCc1cc2c(o1)CN(C(=O)CCCCCc1ccccc1)CC2.Cl. The molecule has 5 heteroatoms. The average Bonchev–Trinajstić information content (AvgIpc) is 3.04. The molecule has 1 N–H and O–H groups in total. The van der Waals surface area contributed by atoms with E-state index >= 15 is 0 Å². The third-order valence-corrected chi connectivity index (χ3v) is 4.84. The van der Waals surface area contributed by atoms with Crippen LogP contribution in [0.1, 0.15) is 48.3 Å². The number of rotatable bonds is 8. The molecule has 4 nitrogen and oxygen atoms in total. The minimum absolute atomic E-state index is 0. The lowest BCUT2D eigenvalue weighted by Crippen LogP contribution is -2.35. The Balaban J connectivity index is 0.00000243. The van der Waals surface area contributed by atoms with Gasteiger partial charge in [0.1, 0.15) is 11.5 Å². The average molecular weight is 377 g/mol. The molecule has 3 rings (SSSR count). The van der Waals surface area contributed by atoms with Crippen LogP contribution < -0.4 is 5.32 Å². The van der Waals surface area contributed by atoms with Gasteiger partial charge in [-0.3, -0.25) is 4.79 Å². The number of hydrogen-bond donors (Lipinski definition) is 1. The maximum absolute atomic E-state index is 12.4. The molecule has 2 heterocycles. The van der Waals surface area contributed by atoms with Crippen molar-refractivity contribution >= 4 is 18.3 Å². The van der Waals surface area contributed by atoms with Gasteiger partial charge in [0.15, 0.2) is 0 Å². The summed E-state index contributed by atoms with van der Waals surface area (Å²) in [6.45, 7) is 2.18. The second kappa shape index (κ2) is 10.4. The summed E-state index contributed by atoms with van der Waals surface area (Å²) in [5.74, 6) is 2.19. The number of nitrogens with zero attached hydrogens (tertiary/aromatic N) is 1. The zero-order valence-corrected chi connectivity index (χ0v) is 16.3. The summed E-state index contributed by atoms with van der Waals surface area (Å²) in [6.07, 6.45) is 5.87. The molecule has 1 aromatic heterocycles. The van der Waals surface area contributed by atoms with Gasteiger partial charge in [0.05, 0.1) is 13.1 Å². The fourth-order valence-corrected chi connectivity index (χ4v) is 3.44. The van der Waals surface area contributed by atoms with Gasteiger partial charge in [0.25, 0.3) is 0 Å². The van der Waals surface area contributed by atoms with Crippen LogP contribution in [0, 0.1) is 0 Å². The predicted molar refractivity (Wildman–Crippen MR) is 106 cm³/mol. The molecule has 0 saturated carbocycles. The first-order valence-corrected chi connectivity index (χ1v) is 9.33. The van der Waals surface area contributed by atoms with E-state index < -0.39 is 0 Å². The Kier molecular flexibility index (Phi) is 8.20. The lowest BCUT2D eigenvalue weighted by atomic mass is 10.0. The van der Waals surface area contributed by atoms with E-state index in [4.69, 9.17) is 4.42 Å². The van der Waals surface area contributed by atoms with Gasteiger partial charge in [0.2, 0.25) is 5.91 Å². The molecule has 1 aromatic carbocycles. The third-order valence-electron chi connectivity index (χ3n) is 4.84. The van der Waals surface area contributed by atoms with Gasteiger partial charge in [-0.25, -0.2) is 0 Å². The van der Waals surface area contributed by atoms with Crippen LogP contribution in [-0.4, -0.2) is 24.4 Å². The van der Waals surface area contributed by atoms with Gasteiger partial charge in [-0.15, -0.1) is 12.4 Å². The van der Waals surface area contributed by atoms with Gasteiger partial charge in [-0.1, -0.05) is 36.8 Å². The fraction of sp³-hybridized carbons (Fsp3) is 0.476. The van der Waals surface area contributed by atoms with E-state index in [1.807, 2.05) is 18.0 Å². The minimum Gasteiger partial charge on any atom is -0.463 e. The molecule has 142 valence electrons. The largest absolute Gasteiger partial charge is 0.463 e. The number of benzene rings is 1. The number of halogens is 1. The van der Waals surface area contributed by atoms with Crippen molar-refractivity contribution in [2.75, 3.05) is 13.6 Å². The molecular formula is C21H29ClN2O2. The molecule has 26 heavy (non-hydrogen) atoms. The molecule has 0 saturated heterocycles. The second-order valence-electron chi connectivity index (χ2n) is 6.80. The summed E-state index contributed by atoms with van der Waals surface area (Å²) in [7, 11) is 1.91. The summed E-state index contributed by atoms with van der Waals surface area (Å²) in [5, 5.41) is 3.10. The van der Waals surface area contributed by atoms with E-state index in [0.717, 1.165) is 56.7 Å². The number of carbonyl (C=O) groups excluding carboxylic acids is 1. The van der Waals surface area contributed by atoms with Crippen LogP contribution in [0.5, 0.6) is 0 Å². The topological polar surface area (TPSA) is 45.5 Å². The van der Waals surface area contributed by atoms with Crippen LogP contribution in [-0.2, 0) is 30.7 Å². The molecule has 0 aliphatic carbocycles. The Morgan fingerprint density at radius 3 is 2.77 bits per heavy atom. The molecule has 0 bridgehead atoms. The Morgan fingerprint density at radius 1 is 1.19 bits per heavy atom. The minimum atomic E-state index is 0. The first-order chi connectivity index (χ1) is 12.3. The number of fused-ring (bicyclic) bond motifs is 1. The van der Waals surface area contributed by atoms with E-state index in [2.05, 4.69) is 35.6 Å². The maximum atomic E-state index is 12.4. The number of furan rings is 1. The summed E-state index contributed by atoms with van der Waals surface area (Å²) < 4.78 is 5.86. The maximum Gasteiger partial charge on any atom is 0.222 e.